The molecule has 20 heavy (non-hydrogen) atoms. The number of imide groups is 1. The van der Waals surface area contributed by atoms with Crippen LogP contribution in [-0.4, -0.2) is 34.7 Å². The first-order chi connectivity index (χ1) is 9.33. The van der Waals surface area contributed by atoms with Crippen LogP contribution in [0.15, 0.2) is 0 Å². The van der Waals surface area contributed by atoms with Crippen LogP contribution in [0.4, 0.5) is 0 Å². The third kappa shape index (κ3) is 2.17. The number of nitriles is 1. The van der Waals surface area contributed by atoms with Gasteiger partial charge in [0.1, 0.15) is 17.5 Å². The fourth-order valence-corrected chi connectivity index (χ4v) is 2.90. The Hall–Kier alpha value is -1.90. The Labute approximate surface area is 118 Å². The van der Waals surface area contributed by atoms with Gasteiger partial charge in [-0.1, -0.05) is 19.3 Å². The van der Waals surface area contributed by atoms with Crippen LogP contribution in [-0.2, 0) is 14.4 Å². The van der Waals surface area contributed by atoms with Gasteiger partial charge in [0.2, 0.25) is 11.8 Å². The fourth-order valence-electron chi connectivity index (χ4n) is 2.90. The maximum atomic E-state index is 12.8. The van der Waals surface area contributed by atoms with Gasteiger partial charge in [-0.2, -0.15) is 5.26 Å². The van der Waals surface area contributed by atoms with Gasteiger partial charge >= 0.3 is 0 Å². The summed E-state index contributed by atoms with van der Waals surface area (Å²) in [6.07, 6.45) is 3.68. The molecule has 0 bridgehead atoms. The summed E-state index contributed by atoms with van der Waals surface area (Å²) in [5, 5.41) is 11.7. The van der Waals surface area contributed by atoms with Crippen LogP contribution in [0.1, 0.15) is 46.0 Å². The maximum absolute atomic E-state index is 12.8. The molecule has 0 spiro atoms. The molecule has 0 atom stereocenters. The molecule has 1 N–H and O–H groups in total. The number of hydrogen-bond donors (Lipinski definition) is 1. The lowest BCUT2D eigenvalue weighted by atomic mass is 9.73. The van der Waals surface area contributed by atoms with E-state index in [2.05, 4.69) is 11.4 Å². The highest BCUT2D eigenvalue weighted by molar-refractivity contribution is 6.07. The molecule has 1 aliphatic carbocycles. The lowest BCUT2D eigenvalue weighted by molar-refractivity contribution is -0.160. The topological polar surface area (TPSA) is 90.3 Å². The SMILES string of the molecule is CC1(C)C(=O)NC(=O)CN1C(=O)C1(C#N)CCCCC1. The average Bonchev–Trinajstić information content (AvgIpc) is 2.43. The van der Waals surface area contributed by atoms with Crippen molar-refractivity contribution in [3.63, 3.8) is 0 Å². The van der Waals surface area contributed by atoms with Gasteiger partial charge in [-0.25, -0.2) is 0 Å². The zero-order chi connectivity index (χ0) is 15.0. The highest BCUT2D eigenvalue weighted by Gasteiger charge is 2.50. The van der Waals surface area contributed by atoms with E-state index >= 15 is 0 Å². The number of carbonyl (C=O) groups is 3. The largest absolute Gasteiger partial charge is 0.318 e. The lowest BCUT2D eigenvalue weighted by Gasteiger charge is -2.44. The molecule has 1 saturated carbocycles. The van der Waals surface area contributed by atoms with Gasteiger partial charge in [0.25, 0.3) is 5.91 Å². The number of nitrogens with zero attached hydrogens (tertiary/aromatic N) is 2. The molecule has 0 aromatic rings. The molecule has 6 heteroatoms. The first-order valence-corrected chi connectivity index (χ1v) is 6.91. The van der Waals surface area contributed by atoms with Crippen molar-refractivity contribution in [3.05, 3.63) is 0 Å². The van der Waals surface area contributed by atoms with E-state index in [1.807, 2.05) is 0 Å². The molecular weight excluding hydrogens is 258 g/mol. The van der Waals surface area contributed by atoms with Crippen molar-refractivity contribution in [2.24, 2.45) is 5.41 Å². The second kappa shape index (κ2) is 4.89. The third-order valence-corrected chi connectivity index (χ3v) is 4.36. The minimum absolute atomic E-state index is 0.166. The van der Waals surface area contributed by atoms with Gasteiger partial charge in [-0.3, -0.25) is 19.7 Å². The summed E-state index contributed by atoms with van der Waals surface area (Å²) in [5.74, 6) is -1.37. The van der Waals surface area contributed by atoms with Crippen LogP contribution >= 0.6 is 0 Å². The molecule has 0 radical (unpaired) electrons. The van der Waals surface area contributed by atoms with E-state index in [1.165, 1.54) is 4.90 Å². The minimum Gasteiger partial charge on any atom is -0.318 e. The number of hydrogen-bond acceptors (Lipinski definition) is 4. The summed E-state index contributed by atoms with van der Waals surface area (Å²) >= 11 is 0. The summed E-state index contributed by atoms with van der Waals surface area (Å²) in [6.45, 7) is 3.03. The number of amides is 3. The van der Waals surface area contributed by atoms with Crippen molar-refractivity contribution in [2.45, 2.75) is 51.5 Å². The summed E-state index contributed by atoms with van der Waals surface area (Å²) < 4.78 is 0. The Balaban J connectivity index is 2.33. The summed E-state index contributed by atoms with van der Waals surface area (Å²) in [4.78, 5) is 37.5. The molecular formula is C14H19N3O3. The predicted molar refractivity (Wildman–Crippen MR) is 70.1 cm³/mol. The first kappa shape index (κ1) is 14.5. The van der Waals surface area contributed by atoms with Crippen molar-refractivity contribution in [2.75, 3.05) is 6.54 Å². The summed E-state index contributed by atoms with van der Waals surface area (Å²) in [5.41, 5.74) is -2.18. The van der Waals surface area contributed by atoms with E-state index in [4.69, 9.17) is 0 Å². The predicted octanol–water partition coefficient (Wildman–Crippen LogP) is 0.724. The molecule has 108 valence electrons. The number of rotatable bonds is 1. The Morgan fingerprint density at radius 1 is 1.25 bits per heavy atom. The van der Waals surface area contributed by atoms with E-state index in [0.717, 1.165) is 19.3 Å². The van der Waals surface area contributed by atoms with E-state index in [-0.39, 0.29) is 12.5 Å². The van der Waals surface area contributed by atoms with Gasteiger partial charge < -0.3 is 4.90 Å². The van der Waals surface area contributed by atoms with Crippen LogP contribution in [0.5, 0.6) is 0 Å². The summed E-state index contributed by atoms with van der Waals surface area (Å²) in [6, 6.07) is 2.15. The number of piperazine rings is 1. The molecule has 0 aromatic carbocycles. The zero-order valence-corrected chi connectivity index (χ0v) is 11.9. The molecule has 2 aliphatic rings. The Bertz CT molecular complexity index is 498. The van der Waals surface area contributed by atoms with Crippen LogP contribution in [0.3, 0.4) is 0 Å². The van der Waals surface area contributed by atoms with E-state index < -0.39 is 22.8 Å². The monoisotopic (exact) mass is 277 g/mol. The van der Waals surface area contributed by atoms with Crippen LogP contribution in [0.25, 0.3) is 0 Å². The highest BCUT2D eigenvalue weighted by Crippen LogP contribution is 2.39. The van der Waals surface area contributed by atoms with Crippen molar-refractivity contribution >= 4 is 17.7 Å². The van der Waals surface area contributed by atoms with E-state index in [1.54, 1.807) is 13.8 Å². The van der Waals surface area contributed by atoms with Gasteiger partial charge in [0, 0.05) is 0 Å². The standard InChI is InChI=1S/C14H19N3O3/c1-13(2)11(19)16-10(18)8-17(13)12(20)14(9-15)6-4-3-5-7-14/h3-8H2,1-2H3,(H,16,18,19). The molecule has 0 aromatic heterocycles. The average molecular weight is 277 g/mol. The molecule has 2 fully saturated rings. The smallest absolute Gasteiger partial charge is 0.252 e. The normalized spacial score (nSPS) is 24.8. The van der Waals surface area contributed by atoms with Crippen molar-refractivity contribution in [3.8, 4) is 6.07 Å². The Kier molecular flexibility index (Phi) is 3.55. The second-order valence-corrected chi connectivity index (χ2v) is 6.08. The minimum atomic E-state index is -1.10. The molecule has 1 heterocycles. The Morgan fingerprint density at radius 3 is 2.40 bits per heavy atom. The van der Waals surface area contributed by atoms with Crippen LogP contribution in [0, 0.1) is 16.7 Å². The highest BCUT2D eigenvalue weighted by atomic mass is 16.2. The van der Waals surface area contributed by atoms with Crippen LogP contribution < -0.4 is 5.32 Å². The van der Waals surface area contributed by atoms with Gasteiger partial charge in [0.05, 0.1) is 6.07 Å². The van der Waals surface area contributed by atoms with Crippen molar-refractivity contribution < 1.29 is 14.4 Å². The number of carbonyl (C=O) groups excluding carboxylic acids is 3. The molecule has 1 aliphatic heterocycles. The number of nitrogens with one attached hydrogen (secondary N) is 1. The third-order valence-electron chi connectivity index (χ3n) is 4.36. The molecule has 1 saturated heterocycles. The lowest BCUT2D eigenvalue weighted by Crippen LogP contribution is -2.67. The van der Waals surface area contributed by atoms with Crippen molar-refractivity contribution in [1.82, 2.24) is 10.2 Å². The van der Waals surface area contributed by atoms with Gasteiger partial charge in [-0.15, -0.1) is 0 Å². The second-order valence-electron chi connectivity index (χ2n) is 6.08. The molecule has 2 rings (SSSR count). The molecule has 3 amide bonds. The van der Waals surface area contributed by atoms with E-state index in [9.17, 15) is 19.6 Å². The zero-order valence-electron chi connectivity index (χ0n) is 11.9. The quantitative estimate of drug-likeness (QED) is 0.715. The first-order valence-electron chi connectivity index (χ1n) is 6.91. The van der Waals surface area contributed by atoms with Gasteiger partial charge in [-0.05, 0) is 26.7 Å². The van der Waals surface area contributed by atoms with Crippen molar-refractivity contribution in [1.29, 1.82) is 5.26 Å². The van der Waals surface area contributed by atoms with E-state index in [0.29, 0.717) is 12.8 Å². The maximum Gasteiger partial charge on any atom is 0.252 e. The summed E-state index contributed by atoms with van der Waals surface area (Å²) in [7, 11) is 0. The molecule has 0 unspecified atom stereocenters. The van der Waals surface area contributed by atoms with Gasteiger partial charge in [0.15, 0.2) is 0 Å². The Morgan fingerprint density at radius 2 is 1.85 bits per heavy atom. The molecule has 6 nitrogen and oxygen atoms in total. The van der Waals surface area contributed by atoms with Crippen LogP contribution in [0.2, 0.25) is 0 Å². The fraction of sp³-hybridized carbons (Fsp3) is 0.714.